The number of hydrogen-bond acceptors (Lipinski definition) is 2. The number of halogens is 2. The van der Waals surface area contributed by atoms with Crippen molar-refractivity contribution in [2.45, 2.75) is 25.9 Å². The van der Waals surface area contributed by atoms with Gasteiger partial charge in [0, 0.05) is 24.2 Å². The zero-order chi connectivity index (χ0) is 11.5. The normalized spacial score (nSPS) is 25.4. The van der Waals surface area contributed by atoms with Crippen molar-refractivity contribution in [1.82, 2.24) is 4.90 Å². The number of likely N-dealkylation sites (tertiary alicyclic amines) is 1. The summed E-state index contributed by atoms with van der Waals surface area (Å²) in [5, 5.41) is 0.804. The minimum Gasteiger partial charge on any atom is -0.327 e. The van der Waals surface area contributed by atoms with E-state index in [-0.39, 0.29) is 12.4 Å². The average molecular weight is 275 g/mol. The summed E-state index contributed by atoms with van der Waals surface area (Å²) in [6.07, 6.45) is 1.11. The third-order valence-electron chi connectivity index (χ3n) is 3.38. The molecule has 1 saturated heterocycles. The predicted octanol–water partition coefficient (Wildman–Crippen LogP) is 2.93. The second kappa shape index (κ2) is 6.60. The third-order valence-corrected chi connectivity index (χ3v) is 3.63. The Kier molecular flexibility index (Phi) is 5.74. The Labute approximate surface area is 115 Å². The Hall–Kier alpha value is -0.280. The summed E-state index contributed by atoms with van der Waals surface area (Å²) in [5.74, 6) is 0.598. The van der Waals surface area contributed by atoms with E-state index in [1.807, 2.05) is 12.1 Å². The van der Waals surface area contributed by atoms with E-state index in [1.54, 1.807) is 0 Å². The lowest BCUT2D eigenvalue weighted by Gasteiger charge is -2.35. The van der Waals surface area contributed by atoms with Crippen LogP contribution < -0.4 is 5.73 Å². The van der Waals surface area contributed by atoms with Crippen LogP contribution in [0.5, 0.6) is 0 Å². The first-order chi connectivity index (χ1) is 7.65. The molecule has 1 fully saturated rings. The Morgan fingerprint density at radius 3 is 2.59 bits per heavy atom. The summed E-state index contributed by atoms with van der Waals surface area (Å²) >= 11 is 5.87. The molecule has 0 spiro atoms. The fourth-order valence-electron chi connectivity index (χ4n) is 2.24. The van der Waals surface area contributed by atoms with Crippen molar-refractivity contribution in [3.05, 3.63) is 34.9 Å². The molecule has 1 aromatic rings. The number of benzene rings is 1. The highest BCUT2D eigenvalue weighted by atomic mass is 35.5. The fourth-order valence-corrected chi connectivity index (χ4v) is 2.37. The van der Waals surface area contributed by atoms with Crippen molar-refractivity contribution < 1.29 is 0 Å². The molecule has 1 heterocycles. The lowest BCUT2D eigenvalue weighted by atomic mass is 9.94. The van der Waals surface area contributed by atoms with Crippen LogP contribution >= 0.6 is 24.0 Å². The molecule has 2 unspecified atom stereocenters. The molecule has 17 heavy (non-hydrogen) atoms. The maximum Gasteiger partial charge on any atom is 0.0406 e. The third kappa shape index (κ3) is 4.14. The largest absolute Gasteiger partial charge is 0.327 e. The van der Waals surface area contributed by atoms with Gasteiger partial charge in [-0.1, -0.05) is 30.7 Å². The quantitative estimate of drug-likeness (QED) is 0.899. The van der Waals surface area contributed by atoms with Gasteiger partial charge in [0.25, 0.3) is 0 Å². The molecule has 0 aliphatic carbocycles. The highest BCUT2D eigenvalue weighted by Gasteiger charge is 2.22. The van der Waals surface area contributed by atoms with Crippen molar-refractivity contribution in [2.75, 3.05) is 13.1 Å². The van der Waals surface area contributed by atoms with Crippen LogP contribution in [0.25, 0.3) is 0 Å². The van der Waals surface area contributed by atoms with Gasteiger partial charge in [0.1, 0.15) is 0 Å². The van der Waals surface area contributed by atoms with Crippen molar-refractivity contribution in [1.29, 1.82) is 0 Å². The lowest BCUT2D eigenvalue weighted by molar-refractivity contribution is 0.158. The molecule has 0 radical (unpaired) electrons. The summed E-state index contributed by atoms with van der Waals surface area (Å²) in [6.45, 7) is 5.45. The number of nitrogens with zero attached hydrogens (tertiary/aromatic N) is 1. The van der Waals surface area contributed by atoms with E-state index in [0.717, 1.165) is 31.1 Å². The summed E-state index contributed by atoms with van der Waals surface area (Å²) in [5.41, 5.74) is 7.34. The topological polar surface area (TPSA) is 29.3 Å². The molecule has 0 bridgehead atoms. The Balaban J connectivity index is 0.00000144. The van der Waals surface area contributed by atoms with Crippen molar-refractivity contribution in [3.63, 3.8) is 0 Å². The van der Waals surface area contributed by atoms with Crippen LogP contribution in [-0.2, 0) is 6.54 Å². The van der Waals surface area contributed by atoms with Crippen molar-refractivity contribution in [3.8, 4) is 0 Å². The zero-order valence-electron chi connectivity index (χ0n) is 10.1. The number of hydrogen-bond donors (Lipinski definition) is 1. The average Bonchev–Trinajstić information content (AvgIpc) is 2.27. The Bertz CT molecular complexity index is 340. The van der Waals surface area contributed by atoms with Gasteiger partial charge in [0.15, 0.2) is 0 Å². The van der Waals surface area contributed by atoms with E-state index < -0.39 is 0 Å². The molecule has 0 aromatic heterocycles. The standard InChI is InChI=1S/C13H19ClN2.ClH/c1-10-8-16(7-6-13(10)15)9-11-2-4-12(14)5-3-11;/h2-5,10,13H,6-9,15H2,1H3;1H. The zero-order valence-corrected chi connectivity index (χ0v) is 11.7. The van der Waals surface area contributed by atoms with E-state index >= 15 is 0 Å². The summed E-state index contributed by atoms with van der Waals surface area (Å²) < 4.78 is 0. The van der Waals surface area contributed by atoms with Crippen LogP contribution in [0.3, 0.4) is 0 Å². The van der Waals surface area contributed by atoms with E-state index in [1.165, 1.54) is 5.56 Å². The maximum atomic E-state index is 6.01. The number of piperidine rings is 1. The molecule has 1 aromatic carbocycles. The molecular weight excluding hydrogens is 255 g/mol. The molecule has 4 heteroatoms. The molecule has 2 atom stereocenters. The van der Waals surface area contributed by atoms with Crippen LogP contribution in [-0.4, -0.2) is 24.0 Å². The first-order valence-corrected chi connectivity index (χ1v) is 6.25. The molecule has 96 valence electrons. The Morgan fingerprint density at radius 2 is 2.00 bits per heavy atom. The van der Waals surface area contributed by atoms with Gasteiger partial charge < -0.3 is 5.73 Å². The lowest BCUT2D eigenvalue weighted by Crippen LogP contribution is -2.45. The first kappa shape index (κ1) is 14.8. The molecule has 0 saturated carbocycles. The monoisotopic (exact) mass is 274 g/mol. The SMILES string of the molecule is CC1CN(Cc2ccc(Cl)cc2)CCC1N.Cl. The molecular formula is C13H20Cl2N2. The van der Waals surface area contributed by atoms with Crippen LogP contribution in [0.15, 0.2) is 24.3 Å². The van der Waals surface area contributed by atoms with E-state index in [9.17, 15) is 0 Å². The maximum absolute atomic E-state index is 6.01. The smallest absolute Gasteiger partial charge is 0.0406 e. The molecule has 2 N–H and O–H groups in total. The van der Waals surface area contributed by atoms with Crippen LogP contribution in [0, 0.1) is 5.92 Å². The van der Waals surface area contributed by atoms with Gasteiger partial charge in [-0.2, -0.15) is 0 Å². The first-order valence-electron chi connectivity index (χ1n) is 5.87. The highest BCUT2D eigenvalue weighted by molar-refractivity contribution is 6.30. The van der Waals surface area contributed by atoms with Crippen LogP contribution in [0.2, 0.25) is 5.02 Å². The number of rotatable bonds is 2. The fraction of sp³-hybridized carbons (Fsp3) is 0.538. The van der Waals surface area contributed by atoms with Gasteiger partial charge >= 0.3 is 0 Å². The highest BCUT2D eigenvalue weighted by Crippen LogP contribution is 2.18. The minimum absolute atomic E-state index is 0. The van der Waals surface area contributed by atoms with E-state index in [0.29, 0.717) is 12.0 Å². The van der Waals surface area contributed by atoms with Gasteiger partial charge in [0.05, 0.1) is 0 Å². The second-order valence-corrected chi connectivity index (χ2v) is 5.23. The molecule has 2 rings (SSSR count). The van der Waals surface area contributed by atoms with Gasteiger partial charge in [-0.05, 0) is 36.6 Å². The van der Waals surface area contributed by atoms with Gasteiger partial charge in [-0.15, -0.1) is 12.4 Å². The van der Waals surface area contributed by atoms with Crippen molar-refractivity contribution >= 4 is 24.0 Å². The van der Waals surface area contributed by atoms with Gasteiger partial charge in [-0.25, -0.2) is 0 Å². The minimum atomic E-state index is 0. The summed E-state index contributed by atoms with van der Waals surface area (Å²) in [6, 6.07) is 8.48. The van der Waals surface area contributed by atoms with Crippen LogP contribution in [0.1, 0.15) is 18.9 Å². The van der Waals surface area contributed by atoms with E-state index in [2.05, 4.69) is 24.0 Å². The van der Waals surface area contributed by atoms with Gasteiger partial charge in [-0.3, -0.25) is 4.90 Å². The Morgan fingerprint density at radius 1 is 1.35 bits per heavy atom. The van der Waals surface area contributed by atoms with E-state index in [4.69, 9.17) is 17.3 Å². The molecule has 1 aliphatic heterocycles. The molecule has 1 aliphatic rings. The number of nitrogens with two attached hydrogens (primary N) is 1. The second-order valence-electron chi connectivity index (χ2n) is 4.79. The molecule has 0 amide bonds. The van der Waals surface area contributed by atoms with Crippen LogP contribution in [0.4, 0.5) is 0 Å². The summed E-state index contributed by atoms with van der Waals surface area (Å²) in [4.78, 5) is 2.47. The molecule has 2 nitrogen and oxygen atoms in total. The summed E-state index contributed by atoms with van der Waals surface area (Å²) in [7, 11) is 0. The van der Waals surface area contributed by atoms with Crippen molar-refractivity contribution in [2.24, 2.45) is 11.7 Å². The van der Waals surface area contributed by atoms with Gasteiger partial charge in [0.2, 0.25) is 0 Å². The predicted molar refractivity (Wildman–Crippen MR) is 75.7 cm³/mol.